The smallest absolute Gasteiger partial charge is 0.195 e. The molecule has 0 aromatic carbocycles. The first kappa shape index (κ1) is 15.9. The normalized spacial score (nSPS) is 54.1. The van der Waals surface area contributed by atoms with Gasteiger partial charge in [0.15, 0.2) is 0 Å². The van der Waals surface area contributed by atoms with Crippen LogP contribution in [0.2, 0.25) is 11.6 Å². The van der Waals surface area contributed by atoms with E-state index in [0.29, 0.717) is 17.0 Å². The minimum atomic E-state index is 0.438. The van der Waals surface area contributed by atoms with E-state index in [1.165, 1.54) is 25.7 Å². The maximum absolute atomic E-state index is 7.19. The second-order valence-corrected chi connectivity index (χ2v) is 11.2. The van der Waals surface area contributed by atoms with Gasteiger partial charge in [-0.1, -0.05) is 54.4 Å². The quantitative estimate of drug-likeness (QED) is 0.519. The molecular weight excluding hydrogens is 286 g/mol. The molecule has 4 bridgehead atoms. The molecule has 0 amide bonds. The first-order valence-electron chi connectivity index (χ1n) is 9.79. The summed E-state index contributed by atoms with van der Waals surface area (Å²) in [5.41, 5.74) is 1.18. The van der Waals surface area contributed by atoms with Crippen LogP contribution in [0.3, 0.4) is 0 Å². The van der Waals surface area contributed by atoms with E-state index in [0.717, 1.165) is 47.1 Å². The lowest BCUT2D eigenvalue weighted by Crippen LogP contribution is -2.58. The molecule has 0 N–H and O–H groups in total. The Morgan fingerprint density at radius 1 is 0.727 bits per heavy atom. The Morgan fingerprint density at radius 3 is 1.36 bits per heavy atom. The highest BCUT2D eigenvalue weighted by Gasteiger charge is 2.62. The highest BCUT2D eigenvalue weighted by atomic mass is 35.5. The van der Waals surface area contributed by atoms with E-state index < -0.39 is 0 Å². The molecule has 124 valence electrons. The number of halogens is 1. The van der Waals surface area contributed by atoms with E-state index in [1.807, 2.05) is 0 Å². The largest absolute Gasteiger partial charge is 0.257 e. The molecule has 8 atom stereocenters. The molecule has 6 saturated carbocycles. The molecule has 6 aliphatic rings. The average Bonchev–Trinajstić information content (AvgIpc) is 2.45. The van der Waals surface area contributed by atoms with Gasteiger partial charge in [-0.15, -0.1) is 0 Å². The summed E-state index contributed by atoms with van der Waals surface area (Å²) in [6, 6.07) is 0. The molecule has 0 spiro atoms. The first-order chi connectivity index (χ1) is 10.2. The lowest BCUT2D eigenvalue weighted by atomic mass is 9.30. The van der Waals surface area contributed by atoms with Crippen LogP contribution in [0.1, 0.15) is 67.2 Å². The Kier molecular flexibility index (Phi) is 3.39. The van der Waals surface area contributed by atoms with Gasteiger partial charge in [-0.3, -0.25) is 0 Å². The zero-order valence-corrected chi connectivity index (χ0v) is 16.2. The highest BCUT2D eigenvalue weighted by Crippen LogP contribution is 2.69. The molecule has 0 nitrogen and oxygen atoms in total. The van der Waals surface area contributed by atoms with Gasteiger partial charge in [0.2, 0.25) is 0 Å². The minimum Gasteiger partial charge on any atom is -0.195 e. The predicted octanol–water partition coefficient (Wildman–Crippen LogP) is 6.36. The van der Waals surface area contributed by atoms with Crippen LogP contribution in [-0.2, 0) is 0 Å². The fraction of sp³-hybridized carbons (Fsp3) is 1.00. The standard InChI is InChI=1S/C20H34BCl/c1-11-15-7-13(19(15,3)4)9-17(11)21(22)18-10-14-8-16(12(18)2)20(14,5)6/h11-18H,7-10H2,1-6H3/t11?,12?,13-,14+,15+,16-,17+,18-. The van der Waals surface area contributed by atoms with Gasteiger partial charge < -0.3 is 0 Å². The number of hydrogen-bond donors (Lipinski definition) is 0. The minimum absolute atomic E-state index is 0.438. The fourth-order valence-corrected chi connectivity index (χ4v) is 8.20. The van der Waals surface area contributed by atoms with Crippen LogP contribution < -0.4 is 0 Å². The fourth-order valence-electron chi connectivity index (χ4n) is 7.54. The molecule has 0 radical (unpaired) electrons. The Balaban J connectivity index is 1.49. The number of rotatable bonds is 2. The molecule has 22 heavy (non-hydrogen) atoms. The van der Waals surface area contributed by atoms with E-state index in [9.17, 15) is 0 Å². The van der Waals surface area contributed by atoms with Gasteiger partial charge in [-0.05, 0) is 70.8 Å². The van der Waals surface area contributed by atoms with Gasteiger partial charge in [-0.2, -0.15) is 11.5 Å². The van der Waals surface area contributed by atoms with Crippen LogP contribution in [0.5, 0.6) is 0 Å². The second-order valence-electron chi connectivity index (χ2n) is 10.7. The first-order valence-corrected chi connectivity index (χ1v) is 10.2. The van der Waals surface area contributed by atoms with E-state index in [-0.39, 0.29) is 0 Å². The Bertz CT molecular complexity index is 428. The molecule has 0 aromatic heterocycles. The average molecular weight is 321 g/mol. The van der Waals surface area contributed by atoms with Gasteiger partial charge in [0.25, 0.3) is 6.13 Å². The molecule has 2 unspecified atom stereocenters. The summed E-state index contributed by atoms with van der Waals surface area (Å²) in [7, 11) is 0. The van der Waals surface area contributed by atoms with Crippen LogP contribution in [0.4, 0.5) is 0 Å². The topological polar surface area (TPSA) is 0 Å². The summed E-state index contributed by atoms with van der Waals surface area (Å²) in [5.74, 6) is 7.00. The molecule has 6 aliphatic carbocycles. The molecule has 6 rings (SSSR count). The van der Waals surface area contributed by atoms with Gasteiger partial charge in [0.05, 0.1) is 0 Å². The van der Waals surface area contributed by atoms with Crippen molar-refractivity contribution in [3.05, 3.63) is 0 Å². The zero-order valence-electron chi connectivity index (χ0n) is 15.4. The van der Waals surface area contributed by atoms with Crippen molar-refractivity contribution in [3.63, 3.8) is 0 Å². The van der Waals surface area contributed by atoms with E-state index in [1.54, 1.807) is 0 Å². The Morgan fingerprint density at radius 2 is 1.09 bits per heavy atom. The summed E-state index contributed by atoms with van der Waals surface area (Å²) in [4.78, 5) is 0. The molecule has 2 heteroatoms. The van der Waals surface area contributed by atoms with Crippen molar-refractivity contribution in [2.24, 2.45) is 46.3 Å². The van der Waals surface area contributed by atoms with Crippen molar-refractivity contribution in [2.75, 3.05) is 0 Å². The third-order valence-corrected chi connectivity index (χ3v) is 10.3. The van der Waals surface area contributed by atoms with Crippen LogP contribution in [0, 0.1) is 46.3 Å². The summed E-state index contributed by atoms with van der Waals surface area (Å²) < 4.78 is 0. The summed E-state index contributed by atoms with van der Waals surface area (Å²) in [6.07, 6.45) is 6.20. The Hall–Kier alpha value is 0.355. The second kappa shape index (κ2) is 4.71. The third-order valence-electron chi connectivity index (χ3n) is 9.64. The molecule has 0 aliphatic heterocycles. The third kappa shape index (κ3) is 1.84. The van der Waals surface area contributed by atoms with Crippen LogP contribution in [-0.4, -0.2) is 6.13 Å². The van der Waals surface area contributed by atoms with Crippen molar-refractivity contribution < 1.29 is 0 Å². The van der Waals surface area contributed by atoms with Gasteiger partial charge in [0, 0.05) is 0 Å². The van der Waals surface area contributed by atoms with Crippen LogP contribution in [0.15, 0.2) is 0 Å². The van der Waals surface area contributed by atoms with Crippen molar-refractivity contribution in [1.29, 1.82) is 0 Å². The Labute approximate surface area is 143 Å². The van der Waals surface area contributed by atoms with Crippen molar-refractivity contribution in [1.82, 2.24) is 0 Å². The number of hydrogen-bond acceptors (Lipinski definition) is 0. The lowest BCUT2D eigenvalue weighted by Gasteiger charge is -2.65. The molecule has 0 aromatic rings. The molecular formula is C20H34BCl. The SMILES string of the molecule is CC1[C@H]2C[C@@H](C[C@H]1B(Cl)[C@H]1C[C@H]3C[C@@H](C1C)C3(C)C)C2(C)C. The highest BCUT2D eigenvalue weighted by molar-refractivity contribution is 7.08. The number of fused-ring (bicyclic) bond motifs is 4. The van der Waals surface area contributed by atoms with Crippen molar-refractivity contribution >= 4 is 17.6 Å². The monoisotopic (exact) mass is 320 g/mol. The van der Waals surface area contributed by atoms with E-state index in [2.05, 4.69) is 41.5 Å². The predicted molar refractivity (Wildman–Crippen MR) is 97.4 cm³/mol. The van der Waals surface area contributed by atoms with Crippen LogP contribution in [0.25, 0.3) is 0 Å². The van der Waals surface area contributed by atoms with Gasteiger partial charge >= 0.3 is 0 Å². The van der Waals surface area contributed by atoms with Crippen molar-refractivity contribution in [2.45, 2.75) is 78.9 Å². The maximum Gasteiger partial charge on any atom is 0.257 e. The van der Waals surface area contributed by atoms with Crippen LogP contribution >= 0.6 is 11.5 Å². The molecule has 0 heterocycles. The van der Waals surface area contributed by atoms with Gasteiger partial charge in [0.1, 0.15) is 0 Å². The summed E-state index contributed by atoms with van der Waals surface area (Å²) in [5, 5.41) is 0. The summed E-state index contributed by atoms with van der Waals surface area (Å²) >= 11 is 7.19. The molecule has 0 saturated heterocycles. The van der Waals surface area contributed by atoms with E-state index >= 15 is 0 Å². The maximum atomic E-state index is 7.19. The summed E-state index contributed by atoms with van der Waals surface area (Å²) in [6.45, 7) is 15.0. The van der Waals surface area contributed by atoms with Crippen molar-refractivity contribution in [3.8, 4) is 0 Å². The molecule has 6 fully saturated rings. The van der Waals surface area contributed by atoms with E-state index in [4.69, 9.17) is 11.5 Å². The lowest BCUT2D eigenvalue weighted by molar-refractivity contribution is -0.106. The zero-order chi connectivity index (χ0) is 16.0. The van der Waals surface area contributed by atoms with Gasteiger partial charge in [-0.25, -0.2) is 0 Å².